The van der Waals surface area contributed by atoms with E-state index in [1.807, 2.05) is 37.8 Å². The predicted molar refractivity (Wildman–Crippen MR) is 100 cm³/mol. The first kappa shape index (κ1) is 15.7. The number of nitrogens with zero attached hydrogens (tertiary/aromatic N) is 6. The predicted octanol–water partition coefficient (Wildman–Crippen LogP) is 1.70. The number of anilines is 1. The molecule has 4 aromatic rings. The van der Waals surface area contributed by atoms with Crippen molar-refractivity contribution in [1.82, 2.24) is 34.4 Å². The number of aromatic nitrogens is 6. The van der Waals surface area contributed by atoms with Gasteiger partial charge in [-0.1, -0.05) is 0 Å². The summed E-state index contributed by atoms with van der Waals surface area (Å²) in [6.07, 6.45) is 8.55. The number of likely N-dealkylation sites (tertiary alicyclic amines) is 1. The molecule has 1 aliphatic heterocycles. The van der Waals surface area contributed by atoms with Crippen LogP contribution in [0, 0.1) is 0 Å². The van der Waals surface area contributed by atoms with Gasteiger partial charge in [-0.3, -0.25) is 4.79 Å². The highest BCUT2D eigenvalue weighted by atomic mass is 16.2. The van der Waals surface area contributed by atoms with E-state index in [-0.39, 0.29) is 11.9 Å². The number of aromatic amines is 1. The fraction of sp³-hybridized carbons (Fsp3) is 0.278. The Labute approximate surface area is 154 Å². The lowest BCUT2D eigenvalue weighted by Gasteiger charge is -2.30. The van der Waals surface area contributed by atoms with E-state index in [0.29, 0.717) is 18.9 Å². The number of rotatable bonds is 3. The summed E-state index contributed by atoms with van der Waals surface area (Å²) in [5, 5.41) is 8.46. The first-order chi connectivity index (χ1) is 13.2. The third-order valence-corrected chi connectivity index (χ3v) is 4.98. The number of likely N-dealkylation sites (N-methyl/N-ethyl adjacent to an activating group) is 1. The monoisotopic (exact) mass is 362 g/mol. The summed E-state index contributed by atoms with van der Waals surface area (Å²) in [7, 11) is 1.82. The lowest BCUT2D eigenvalue weighted by molar-refractivity contribution is -0.132. The van der Waals surface area contributed by atoms with Crippen LogP contribution in [0.2, 0.25) is 0 Å². The lowest BCUT2D eigenvalue weighted by atomic mass is 10.1. The van der Waals surface area contributed by atoms with E-state index in [9.17, 15) is 4.79 Å². The number of hydrogen-bond donors (Lipinski definition) is 2. The van der Waals surface area contributed by atoms with E-state index in [4.69, 9.17) is 0 Å². The number of H-pyrrole nitrogens is 1. The maximum absolute atomic E-state index is 11.6. The number of amides is 1. The standard InChI is InChI=1S/C18H18N8O/c1-25-9-12(3-5-16(25)27)23-18-20-7-14-13(6-19-17(14)24-18)11-2-4-15-21-10-22-26(15)8-11/h2,4,6-8,10,12H,3,5,9H2,1H3,(H2,19,20,23,24). The van der Waals surface area contributed by atoms with Gasteiger partial charge >= 0.3 is 0 Å². The summed E-state index contributed by atoms with van der Waals surface area (Å²) < 4.78 is 1.74. The highest BCUT2D eigenvalue weighted by molar-refractivity contribution is 5.93. The molecule has 9 nitrogen and oxygen atoms in total. The number of pyridine rings is 1. The Balaban J connectivity index is 1.43. The fourth-order valence-corrected chi connectivity index (χ4v) is 3.50. The number of piperidine rings is 1. The topological polar surface area (TPSA) is 104 Å². The molecular weight excluding hydrogens is 344 g/mol. The number of nitrogens with one attached hydrogen (secondary N) is 2. The van der Waals surface area contributed by atoms with Gasteiger partial charge < -0.3 is 15.2 Å². The van der Waals surface area contributed by atoms with Gasteiger partial charge in [0.2, 0.25) is 11.9 Å². The third kappa shape index (κ3) is 2.77. The molecule has 136 valence electrons. The molecule has 1 saturated heterocycles. The lowest BCUT2D eigenvalue weighted by Crippen LogP contribution is -2.43. The van der Waals surface area contributed by atoms with E-state index >= 15 is 0 Å². The second kappa shape index (κ2) is 6.04. The zero-order chi connectivity index (χ0) is 18.4. The summed E-state index contributed by atoms with van der Waals surface area (Å²) in [4.78, 5) is 29.8. The summed E-state index contributed by atoms with van der Waals surface area (Å²) in [6.45, 7) is 0.661. The number of fused-ring (bicyclic) bond motifs is 2. The van der Waals surface area contributed by atoms with Crippen LogP contribution in [-0.4, -0.2) is 60.0 Å². The maximum Gasteiger partial charge on any atom is 0.224 e. The molecule has 1 fully saturated rings. The Morgan fingerprint density at radius 2 is 2.22 bits per heavy atom. The molecule has 9 heteroatoms. The number of carbonyl (C=O) groups is 1. The van der Waals surface area contributed by atoms with Gasteiger partial charge in [-0.15, -0.1) is 0 Å². The van der Waals surface area contributed by atoms with Gasteiger partial charge in [0.25, 0.3) is 0 Å². The van der Waals surface area contributed by atoms with Gasteiger partial charge in [-0.25, -0.2) is 14.5 Å². The van der Waals surface area contributed by atoms with Crippen molar-refractivity contribution in [3.8, 4) is 11.1 Å². The Bertz CT molecular complexity index is 1150. The minimum Gasteiger partial charge on any atom is -0.350 e. The van der Waals surface area contributed by atoms with Crippen LogP contribution in [0.15, 0.2) is 37.1 Å². The van der Waals surface area contributed by atoms with E-state index < -0.39 is 0 Å². The van der Waals surface area contributed by atoms with E-state index in [0.717, 1.165) is 34.2 Å². The summed E-state index contributed by atoms with van der Waals surface area (Å²) in [5.41, 5.74) is 3.59. The smallest absolute Gasteiger partial charge is 0.224 e. The third-order valence-electron chi connectivity index (χ3n) is 4.98. The molecule has 0 aliphatic carbocycles. The van der Waals surface area contributed by atoms with Gasteiger partial charge in [-0.2, -0.15) is 10.1 Å². The Hall–Kier alpha value is -3.49. The van der Waals surface area contributed by atoms with Gasteiger partial charge in [-0.05, 0) is 18.6 Å². The van der Waals surface area contributed by atoms with Crippen LogP contribution in [0.4, 0.5) is 5.95 Å². The summed E-state index contributed by atoms with van der Waals surface area (Å²) >= 11 is 0. The Morgan fingerprint density at radius 3 is 3.11 bits per heavy atom. The average Bonchev–Trinajstić information content (AvgIpc) is 3.30. The first-order valence-corrected chi connectivity index (χ1v) is 8.82. The second-order valence-corrected chi connectivity index (χ2v) is 6.79. The molecule has 1 aliphatic rings. The van der Waals surface area contributed by atoms with Crippen LogP contribution in [0.3, 0.4) is 0 Å². The molecule has 5 rings (SSSR count). The first-order valence-electron chi connectivity index (χ1n) is 8.82. The number of hydrogen-bond acceptors (Lipinski definition) is 6. The van der Waals surface area contributed by atoms with E-state index in [1.54, 1.807) is 9.42 Å². The Morgan fingerprint density at radius 1 is 1.30 bits per heavy atom. The van der Waals surface area contributed by atoms with Crippen molar-refractivity contribution >= 4 is 28.5 Å². The van der Waals surface area contributed by atoms with Crippen molar-refractivity contribution in [2.45, 2.75) is 18.9 Å². The van der Waals surface area contributed by atoms with Crippen molar-refractivity contribution in [3.63, 3.8) is 0 Å². The zero-order valence-electron chi connectivity index (χ0n) is 14.8. The molecule has 1 amide bonds. The average molecular weight is 362 g/mol. The molecule has 0 saturated carbocycles. The second-order valence-electron chi connectivity index (χ2n) is 6.79. The van der Waals surface area contributed by atoms with Gasteiger partial charge in [0.05, 0.1) is 0 Å². The van der Waals surface area contributed by atoms with Crippen LogP contribution in [0.1, 0.15) is 12.8 Å². The molecule has 0 radical (unpaired) electrons. The summed E-state index contributed by atoms with van der Waals surface area (Å²) in [6, 6.07) is 4.10. The minimum atomic E-state index is 0.161. The van der Waals surface area contributed by atoms with Crippen molar-refractivity contribution < 1.29 is 4.79 Å². The van der Waals surface area contributed by atoms with Crippen molar-refractivity contribution in [2.75, 3.05) is 18.9 Å². The highest BCUT2D eigenvalue weighted by Crippen LogP contribution is 2.28. The van der Waals surface area contributed by atoms with E-state index in [2.05, 4.69) is 30.4 Å². The van der Waals surface area contributed by atoms with Gasteiger partial charge in [0.15, 0.2) is 5.65 Å². The van der Waals surface area contributed by atoms with Crippen molar-refractivity contribution in [3.05, 3.63) is 37.1 Å². The molecule has 27 heavy (non-hydrogen) atoms. The van der Waals surface area contributed by atoms with Crippen LogP contribution in [0.25, 0.3) is 27.8 Å². The molecular formula is C18H18N8O. The molecule has 1 unspecified atom stereocenters. The summed E-state index contributed by atoms with van der Waals surface area (Å²) in [5.74, 6) is 0.748. The van der Waals surface area contributed by atoms with Crippen molar-refractivity contribution in [1.29, 1.82) is 0 Å². The molecule has 4 aromatic heterocycles. The molecule has 1 atom stereocenters. The molecule has 0 bridgehead atoms. The molecule has 2 N–H and O–H groups in total. The molecule has 5 heterocycles. The van der Waals surface area contributed by atoms with Crippen LogP contribution in [-0.2, 0) is 4.79 Å². The zero-order valence-corrected chi connectivity index (χ0v) is 14.8. The molecule has 0 spiro atoms. The Kier molecular flexibility index (Phi) is 3.52. The maximum atomic E-state index is 11.6. The molecule has 0 aromatic carbocycles. The fourth-order valence-electron chi connectivity index (χ4n) is 3.50. The largest absolute Gasteiger partial charge is 0.350 e. The normalized spacial score (nSPS) is 17.7. The van der Waals surface area contributed by atoms with Crippen molar-refractivity contribution in [2.24, 2.45) is 0 Å². The quantitative estimate of drug-likeness (QED) is 0.575. The number of carbonyl (C=O) groups excluding carboxylic acids is 1. The minimum absolute atomic E-state index is 0.161. The van der Waals surface area contributed by atoms with Crippen LogP contribution >= 0.6 is 0 Å². The van der Waals surface area contributed by atoms with Gasteiger partial charge in [0, 0.05) is 61.2 Å². The highest BCUT2D eigenvalue weighted by Gasteiger charge is 2.23. The van der Waals surface area contributed by atoms with Gasteiger partial charge in [0.1, 0.15) is 12.0 Å². The van der Waals surface area contributed by atoms with Crippen LogP contribution < -0.4 is 5.32 Å². The van der Waals surface area contributed by atoms with Crippen LogP contribution in [0.5, 0.6) is 0 Å². The SMILES string of the molecule is CN1CC(Nc2ncc3c(-c4ccc5ncnn5c4)c[nH]c3n2)CCC1=O. The van der Waals surface area contributed by atoms with E-state index in [1.165, 1.54) is 6.33 Å².